The summed E-state index contributed by atoms with van der Waals surface area (Å²) in [7, 11) is 0. The lowest BCUT2D eigenvalue weighted by atomic mass is 10.1. The second-order valence-corrected chi connectivity index (χ2v) is 4.67. The number of carbonyl (C=O) groups is 1. The average Bonchev–Trinajstić information content (AvgIpc) is 2.46. The summed E-state index contributed by atoms with van der Waals surface area (Å²) in [5.41, 5.74) is 7.13. The van der Waals surface area contributed by atoms with E-state index in [1.807, 2.05) is 18.2 Å². The van der Waals surface area contributed by atoms with Crippen LogP contribution in [-0.4, -0.2) is 12.5 Å². The van der Waals surface area contributed by atoms with Crippen LogP contribution in [0.25, 0.3) is 0 Å². The Balaban J connectivity index is 1.99. The van der Waals surface area contributed by atoms with E-state index >= 15 is 0 Å². The van der Waals surface area contributed by atoms with Crippen molar-refractivity contribution in [2.24, 2.45) is 5.73 Å². The number of benzene rings is 2. The van der Waals surface area contributed by atoms with Crippen LogP contribution >= 0.6 is 0 Å². The van der Waals surface area contributed by atoms with Crippen LogP contribution in [0.15, 0.2) is 48.5 Å². The molecule has 5 heteroatoms. The monoisotopic (exact) mass is 288 g/mol. The molecule has 3 N–H and O–H groups in total. The standard InChI is InChI=1S/C16H17FN2O2/c1-11(18)14-8-7-12(17)9-15(14)21-10-16(20)19-13-5-3-2-4-6-13/h2-9,11H,10,18H2,1H3,(H,19,20)/t11-/m0/s1. The second-order valence-electron chi connectivity index (χ2n) is 4.67. The van der Waals surface area contributed by atoms with Gasteiger partial charge in [0.05, 0.1) is 0 Å². The van der Waals surface area contributed by atoms with Crippen molar-refractivity contribution < 1.29 is 13.9 Å². The highest BCUT2D eigenvalue weighted by molar-refractivity contribution is 5.91. The van der Waals surface area contributed by atoms with Crippen LogP contribution in [0.5, 0.6) is 5.75 Å². The van der Waals surface area contributed by atoms with Crippen molar-refractivity contribution in [3.63, 3.8) is 0 Å². The second kappa shape index (κ2) is 6.85. The molecule has 0 radical (unpaired) electrons. The van der Waals surface area contributed by atoms with Crippen molar-refractivity contribution in [1.82, 2.24) is 0 Å². The molecule has 0 unspecified atom stereocenters. The van der Waals surface area contributed by atoms with Crippen molar-refractivity contribution in [3.8, 4) is 5.75 Å². The SMILES string of the molecule is C[C@H](N)c1ccc(F)cc1OCC(=O)Nc1ccccc1. The van der Waals surface area contributed by atoms with E-state index in [4.69, 9.17) is 10.5 Å². The van der Waals surface area contributed by atoms with E-state index in [-0.39, 0.29) is 24.3 Å². The Morgan fingerprint density at radius 2 is 2.00 bits per heavy atom. The number of nitrogens with one attached hydrogen (secondary N) is 1. The fraction of sp³-hybridized carbons (Fsp3) is 0.188. The Labute approximate surface area is 122 Å². The van der Waals surface area contributed by atoms with Crippen molar-refractivity contribution in [2.45, 2.75) is 13.0 Å². The van der Waals surface area contributed by atoms with E-state index in [9.17, 15) is 9.18 Å². The van der Waals surface area contributed by atoms with Gasteiger partial charge in [-0.2, -0.15) is 0 Å². The smallest absolute Gasteiger partial charge is 0.262 e. The molecular weight excluding hydrogens is 271 g/mol. The van der Waals surface area contributed by atoms with E-state index in [0.717, 1.165) is 0 Å². The molecule has 0 saturated carbocycles. The fourth-order valence-electron chi connectivity index (χ4n) is 1.87. The summed E-state index contributed by atoms with van der Waals surface area (Å²) in [5, 5.41) is 2.69. The molecule has 4 nitrogen and oxygen atoms in total. The Morgan fingerprint density at radius 1 is 1.29 bits per heavy atom. The van der Waals surface area contributed by atoms with Gasteiger partial charge in [-0.15, -0.1) is 0 Å². The first-order valence-electron chi connectivity index (χ1n) is 6.59. The molecule has 0 aliphatic rings. The third kappa shape index (κ3) is 4.29. The van der Waals surface area contributed by atoms with Crippen molar-refractivity contribution >= 4 is 11.6 Å². The van der Waals surface area contributed by atoms with Gasteiger partial charge >= 0.3 is 0 Å². The Kier molecular flexibility index (Phi) is 4.90. The van der Waals surface area contributed by atoms with Crippen molar-refractivity contribution in [2.75, 3.05) is 11.9 Å². The van der Waals surface area contributed by atoms with E-state index < -0.39 is 5.82 Å². The summed E-state index contributed by atoms with van der Waals surface area (Å²) in [5.74, 6) is -0.466. The summed E-state index contributed by atoms with van der Waals surface area (Å²) >= 11 is 0. The molecule has 0 spiro atoms. The maximum absolute atomic E-state index is 13.3. The fourth-order valence-corrected chi connectivity index (χ4v) is 1.87. The molecule has 2 aromatic carbocycles. The maximum atomic E-state index is 13.3. The number of hydrogen-bond donors (Lipinski definition) is 2. The number of anilines is 1. The normalized spacial score (nSPS) is 11.8. The molecule has 0 aromatic heterocycles. The molecule has 2 rings (SSSR count). The molecule has 0 fully saturated rings. The number of hydrogen-bond acceptors (Lipinski definition) is 3. The van der Waals surface area contributed by atoms with Gasteiger partial charge in [0.15, 0.2) is 6.61 Å². The molecule has 0 saturated heterocycles. The minimum atomic E-state index is -0.433. The van der Waals surface area contributed by atoms with E-state index in [2.05, 4.69) is 5.32 Å². The van der Waals surface area contributed by atoms with Crippen LogP contribution < -0.4 is 15.8 Å². The van der Waals surface area contributed by atoms with Crippen LogP contribution in [0.2, 0.25) is 0 Å². The van der Waals surface area contributed by atoms with E-state index in [1.165, 1.54) is 12.1 Å². The quantitative estimate of drug-likeness (QED) is 0.889. The molecule has 0 aliphatic carbocycles. The number of halogens is 1. The first kappa shape index (κ1) is 15.0. The third-order valence-corrected chi connectivity index (χ3v) is 2.88. The van der Waals surface area contributed by atoms with Crippen LogP contribution in [0.1, 0.15) is 18.5 Å². The van der Waals surface area contributed by atoms with Crippen LogP contribution in [0.4, 0.5) is 10.1 Å². The molecule has 1 amide bonds. The highest BCUT2D eigenvalue weighted by atomic mass is 19.1. The first-order valence-corrected chi connectivity index (χ1v) is 6.59. The molecule has 0 aliphatic heterocycles. The molecule has 2 aromatic rings. The van der Waals surface area contributed by atoms with Crippen molar-refractivity contribution in [3.05, 3.63) is 59.9 Å². The minimum absolute atomic E-state index is 0.210. The van der Waals surface area contributed by atoms with Gasteiger partial charge in [0, 0.05) is 23.4 Å². The first-order chi connectivity index (χ1) is 10.1. The number of para-hydroxylation sites is 1. The van der Waals surface area contributed by atoms with Gasteiger partial charge in [0.1, 0.15) is 11.6 Å². The van der Waals surface area contributed by atoms with Gasteiger partial charge in [-0.25, -0.2) is 4.39 Å². The number of ether oxygens (including phenoxy) is 1. The zero-order chi connectivity index (χ0) is 15.2. The Hall–Kier alpha value is -2.40. The molecule has 21 heavy (non-hydrogen) atoms. The highest BCUT2D eigenvalue weighted by Gasteiger charge is 2.11. The topological polar surface area (TPSA) is 64.3 Å². The zero-order valence-electron chi connectivity index (χ0n) is 11.7. The van der Waals surface area contributed by atoms with Gasteiger partial charge in [-0.3, -0.25) is 4.79 Å². The molecule has 110 valence electrons. The molecular formula is C16H17FN2O2. The van der Waals surface area contributed by atoms with Gasteiger partial charge < -0.3 is 15.8 Å². The third-order valence-electron chi connectivity index (χ3n) is 2.88. The van der Waals surface area contributed by atoms with Gasteiger partial charge in [-0.1, -0.05) is 24.3 Å². The lowest BCUT2D eigenvalue weighted by Crippen LogP contribution is -2.21. The Morgan fingerprint density at radius 3 is 2.67 bits per heavy atom. The summed E-state index contributed by atoms with van der Waals surface area (Å²) in [6.07, 6.45) is 0. The number of nitrogens with two attached hydrogens (primary N) is 1. The average molecular weight is 288 g/mol. The van der Waals surface area contributed by atoms with E-state index in [1.54, 1.807) is 25.1 Å². The summed E-state index contributed by atoms with van der Waals surface area (Å²) < 4.78 is 18.6. The number of carbonyl (C=O) groups excluding carboxylic acids is 1. The summed E-state index contributed by atoms with van der Waals surface area (Å²) in [6.45, 7) is 1.56. The predicted molar refractivity (Wildman–Crippen MR) is 79.6 cm³/mol. The van der Waals surface area contributed by atoms with Gasteiger partial charge in [0.25, 0.3) is 5.91 Å². The van der Waals surface area contributed by atoms with Gasteiger partial charge in [0.2, 0.25) is 0 Å². The van der Waals surface area contributed by atoms with Crippen LogP contribution in [0, 0.1) is 5.82 Å². The largest absolute Gasteiger partial charge is 0.483 e. The lowest BCUT2D eigenvalue weighted by Gasteiger charge is -2.14. The molecule has 0 heterocycles. The molecule has 1 atom stereocenters. The van der Waals surface area contributed by atoms with Crippen molar-refractivity contribution in [1.29, 1.82) is 0 Å². The highest BCUT2D eigenvalue weighted by Crippen LogP contribution is 2.24. The van der Waals surface area contributed by atoms with E-state index in [0.29, 0.717) is 11.3 Å². The number of rotatable bonds is 5. The number of amides is 1. The predicted octanol–water partition coefficient (Wildman–Crippen LogP) is 2.86. The zero-order valence-corrected chi connectivity index (χ0v) is 11.7. The maximum Gasteiger partial charge on any atom is 0.262 e. The lowest BCUT2D eigenvalue weighted by molar-refractivity contribution is -0.118. The minimum Gasteiger partial charge on any atom is -0.483 e. The van der Waals surface area contributed by atoms with Gasteiger partial charge in [-0.05, 0) is 25.1 Å². The van der Waals surface area contributed by atoms with Crippen LogP contribution in [-0.2, 0) is 4.79 Å². The summed E-state index contributed by atoms with van der Waals surface area (Å²) in [4.78, 5) is 11.8. The van der Waals surface area contributed by atoms with Crippen LogP contribution in [0.3, 0.4) is 0 Å². The Bertz CT molecular complexity index is 615. The summed E-state index contributed by atoms with van der Waals surface area (Å²) in [6, 6.07) is 12.8. The molecule has 0 bridgehead atoms.